The van der Waals surface area contributed by atoms with Crippen LogP contribution in [0.25, 0.3) is 22.3 Å². The molecule has 0 amide bonds. The van der Waals surface area contributed by atoms with Crippen LogP contribution in [0, 0.1) is 0 Å². The number of nitrogens with two attached hydrogens (primary N) is 1. The highest BCUT2D eigenvalue weighted by atomic mass is 16.5. The second kappa shape index (κ2) is 6.64. The molecule has 4 N–H and O–H groups in total. The van der Waals surface area contributed by atoms with Gasteiger partial charge in [-0.25, -0.2) is 9.97 Å². The third-order valence-corrected chi connectivity index (χ3v) is 4.43. The van der Waals surface area contributed by atoms with Crippen molar-refractivity contribution in [2.75, 3.05) is 43.9 Å². The number of aromatic hydroxyl groups is 1. The van der Waals surface area contributed by atoms with Crippen molar-refractivity contribution < 1.29 is 9.84 Å². The number of aromatic nitrogens is 3. The number of piperazine rings is 1. The first kappa shape index (κ1) is 16.3. The van der Waals surface area contributed by atoms with Crippen LogP contribution in [-0.2, 0) is 0 Å². The SMILES string of the molecule is COc1cc(-c2ccc3nc(N)nc(N4CCNCC4)c3n2)ccc1O. The average Bonchev–Trinajstić information content (AvgIpc) is 2.68. The van der Waals surface area contributed by atoms with Gasteiger partial charge in [-0.2, -0.15) is 4.98 Å². The summed E-state index contributed by atoms with van der Waals surface area (Å²) in [6.45, 7) is 3.45. The highest BCUT2D eigenvalue weighted by Gasteiger charge is 2.18. The zero-order valence-electron chi connectivity index (χ0n) is 14.4. The number of hydrogen-bond donors (Lipinski definition) is 3. The highest BCUT2D eigenvalue weighted by Crippen LogP contribution is 2.32. The Balaban J connectivity index is 1.84. The van der Waals surface area contributed by atoms with E-state index < -0.39 is 0 Å². The van der Waals surface area contributed by atoms with Crippen molar-refractivity contribution in [2.24, 2.45) is 0 Å². The second-order valence-corrected chi connectivity index (χ2v) is 6.09. The van der Waals surface area contributed by atoms with Crippen LogP contribution in [0.4, 0.5) is 11.8 Å². The molecule has 3 heterocycles. The molecule has 0 unspecified atom stereocenters. The molecule has 1 aliphatic rings. The zero-order valence-corrected chi connectivity index (χ0v) is 14.4. The van der Waals surface area contributed by atoms with Crippen LogP contribution in [0.2, 0.25) is 0 Å². The van der Waals surface area contributed by atoms with E-state index in [4.69, 9.17) is 15.5 Å². The smallest absolute Gasteiger partial charge is 0.222 e. The Morgan fingerprint density at radius 1 is 1.12 bits per heavy atom. The van der Waals surface area contributed by atoms with Crippen LogP contribution in [0.15, 0.2) is 30.3 Å². The number of nitrogens with one attached hydrogen (secondary N) is 1. The molecule has 0 radical (unpaired) electrons. The van der Waals surface area contributed by atoms with Gasteiger partial charge in [-0.05, 0) is 30.3 Å². The second-order valence-electron chi connectivity index (χ2n) is 6.09. The van der Waals surface area contributed by atoms with E-state index in [-0.39, 0.29) is 11.7 Å². The number of rotatable bonds is 3. The summed E-state index contributed by atoms with van der Waals surface area (Å²) in [7, 11) is 1.52. The lowest BCUT2D eigenvalue weighted by Gasteiger charge is -2.29. The van der Waals surface area contributed by atoms with Crippen molar-refractivity contribution in [1.29, 1.82) is 0 Å². The normalized spacial score (nSPS) is 14.6. The first-order valence-corrected chi connectivity index (χ1v) is 8.43. The van der Waals surface area contributed by atoms with Crippen LogP contribution in [0.5, 0.6) is 11.5 Å². The van der Waals surface area contributed by atoms with Crippen molar-refractivity contribution in [2.45, 2.75) is 0 Å². The number of ether oxygens (including phenoxy) is 1. The average molecular weight is 352 g/mol. The van der Waals surface area contributed by atoms with Gasteiger partial charge in [0.1, 0.15) is 5.52 Å². The highest BCUT2D eigenvalue weighted by molar-refractivity contribution is 5.88. The topological polar surface area (TPSA) is 109 Å². The molecule has 8 heteroatoms. The first-order chi connectivity index (χ1) is 12.7. The van der Waals surface area contributed by atoms with Gasteiger partial charge < -0.3 is 25.8 Å². The van der Waals surface area contributed by atoms with E-state index in [0.717, 1.165) is 43.3 Å². The summed E-state index contributed by atoms with van der Waals surface area (Å²) in [5.74, 6) is 1.49. The van der Waals surface area contributed by atoms with Crippen molar-refractivity contribution in [3.8, 4) is 22.8 Å². The lowest BCUT2D eigenvalue weighted by atomic mass is 10.1. The quantitative estimate of drug-likeness (QED) is 0.649. The molecule has 1 fully saturated rings. The Labute approximate surface area is 150 Å². The molecule has 0 atom stereocenters. The monoisotopic (exact) mass is 352 g/mol. The minimum Gasteiger partial charge on any atom is -0.504 e. The van der Waals surface area contributed by atoms with Gasteiger partial charge >= 0.3 is 0 Å². The number of nitrogens with zero attached hydrogens (tertiary/aromatic N) is 4. The minimum atomic E-state index is 0.0923. The summed E-state index contributed by atoms with van der Waals surface area (Å²) in [6, 6.07) is 8.92. The molecule has 0 spiro atoms. The number of fused-ring (bicyclic) bond motifs is 1. The summed E-state index contributed by atoms with van der Waals surface area (Å²) < 4.78 is 5.20. The lowest BCUT2D eigenvalue weighted by Crippen LogP contribution is -2.44. The maximum atomic E-state index is 9.81. The molecule has 26 heavy (non-hydrogen) atoms. The van der Waals surface area contributed by atoms with Crippen molar-refractivity contribution in [3.05, 3.63) is 30.3 Å². The number of phenolic OH excluding ortho intramolecular Hbond substituents is 1. The van der Waals surface area contributed by atoms with Gasteiger partial charge in [0.15, 0.2) is 17.3 Å². The summed E-state index contributed by atoms with van der Waals surface area (Å²) in [6.07, 6.45) is 0. The Morgan fingerprint density at radius 3 is 2.69 bits per heavy atom. The maximum Gasteiger partial charge on any atom is 0.222 e. The van der Waals surface area contributed by atoms with Gasteiger partial charge in [-0.15, -0.1) is 0 Å². The molecular weight excluding hydrogens is 332 g/mol. The number of nitrogen functional groups attached to an aromatic ring is 1. The van der Waals surface area contributed by atoms with Crippen molar-refractivity contribution in [1.82, 2.24) is 20.3 Å². The molecule has 3 aromatic rings. The largest absolute Gasteiger partial charge is 0.504 e. The van der Waals surface area contributed by atoms with Gasteiger partial charge in [0, 0.05) is 31.7 Å². The van der Waals surface area contributed by atoms with E-state index in [1.54, 1.807) is 18.2 Å². The fourth-order valence-corrected chi connectivity index (χ4v) is 3.11. The molecule has 0 aliphatic carbocycles. The third kappa shape index (κ3) is 2.95. The molecule has 1 saturated heterocycles. The number of benzene rings is 1. The molecule has 0 saturated carbocycles. The molecule has 2 aromatic heterocycles. The molecule has 134 valence electrons. The summed E-state index contributed by atoms with van der Waals surface area (Å²) in [5.41, 5.74) is 8.91. The lowest BCUT2D eigenvalue weighted by molar-refractivity contribution is 0.373. The summed E-state index contributed by atoms with van der Waals surface area (Å²) in [4.78, 5) is 15.7. The molecule has 4 rings (SSSR count). The summed E-state index contributed by atoms with van der Waals surface area (Å²) >= 11 is 0. The Bertz CT molecular complexity index is 956. The van der Waals surface area contributed by atoms with Crippen molar-refractivity contribution >= 4 is 22.8 Å². The third-order valence-electron chi connectivity index (χ3n) is 4.43. The van der Waals surface area contributed by atoms with E-state index >= 15 is 0 Å². The van der Waals surface area contributed by atoms with Gasteiger partial charge in [0.2, 0.25) is 5.95 Å². The number of phenols is 1. The van der Waals surface area contributed by atoms with Crippen LogP contribution < -0.4 is 20.7 Å². The Hall–Kier alpha value is -3.13. The zero-order chi connectivity index (χ0) is 18.1. The first-order valence-electron chi connectivity index (χ1n) is 8.43. The standard InChI is InChI=1S/C18H20N6O2/c1-26-15-10-11(2-5-14(15)25)12-3-4-13-16(21-12)17(23-18(19)22-13)24-8-6-20-7-9-24/h2-5,10,20,25H,6-9H2,1H3,(H2,19,22,23). The molecule has 0 bridgehead atoms. The summed E-state index contributed by atoms with van der Waals surface area (Å²) in [5, 5.41) is 13.1. The van der Waals surface area contributed by atoms with E-state index in [0.29, 0.717) is 16.8 Å². The van der Waals surface area contributed by atoms with Crippen molar-refractivity contribution in [3.63, 3.8) is 0 Å². The van der Waals surface area contributed by atoms with E-state index in [9.17, 15) is 5.11 Å². The molecule has 1 aliphatic heterocycles. The fraction of sp³-hybridized carbons (Fsp3) is 0.278. The maximum absolute atomic E-state index is 9.81. The van der Waals surface area contributed by atoms with Crippen LogP contribution in [0.1, 0.15) is 0 Å². The van der Waals surface area contributed by atoms with Crippen LogP contribution >= 0.6 is 0 Å². The van der Waals surface area contributed by atoms with Gasteiger partial charge in [0.05, 0.1) is 18.3 Å². The molecule has 1 aromatic carbocycles. The number of anilines is 2. The van der Waals surface area contributed by atoms with Gasteiger partial charge in [-0.3, -0.25) is 0 Å². The molecule has 8 nitrogen and oxygen atoms in total. The van der Waals surface area contributed by atoms with E-state index in [1.165, 1.54) is 7.11 Å². The number of pyridine rings is 1. The van der Waals surface area contributed by atoms with Gasteiger partial charge in [0.25, 0.3) is 0 Å². The number of hydrogen-bond acceptors (Lipinski definition) is 8. The van der Waals surface area contributed by atoms with Crippen LogP contribution in [0.3, 0.4) is 0 Å². The predicted molar refractivity (Wildman–Crippen MR) is 100 cm³/mol. The number of methoxy groups -OCH3 is 1. The van der Waals surface area contributed by atoms with E-state index in [2.05, 4.69) is 20.2 Å². The van der Waals surface area contributed by atoms with Crippen LogP contribution in [-0.4, -0.2) is 53.3 Å². The predicted octanol–water partition coefficient (Wildman–Crippen LogP) is 1.40. The molecular formula is C18H20N6O2. The Kier molecular flexibility index (Phi) is 4.18. The Morgan fingerprint density at radius 2 is 1.92 bits per heavy atom. The van der Waals surface area contributed by atoms with E-state index in [1.807, 2.05) is 12.1 Å². The minimum absolute atomic E-state index is 0.0923. The fourth-order valence-electron chi connectivity index (χ4n) is 3.11. The van der Waals surface area contributed by atoms with Gasteiger partial charge in [-0.1, -0.05) is 0 Å².